The van der Waals surface area contributed by atoms with Crippen LogP contribution in [0.15, 0.2) is 24.3 Å². The number of hydrogen-bond donors (Lipinski definition) is 1. The lowest BCUT2D eigenvalue weighted by molar-refractivity contribution is 0.246. The van der Waals surface area contributed by atoms with Crippen molar-refractivity contribution in [2.45, 2.75) is 12.6 Å². The number of halogens is 2. The zero-order valence-electron chi connectivity index (χ0n) is 7.84. The van der Waals surface area contributed by atoms with E-state index in [1.165, 1.54) is 0 Å². The van der Waals surface area contributed by atoms with E-state index in [-0.39, 0.29) is 5.92 Å². The summed E-state index contributed by atoms with van der Waals surface area (Å²) in [6.07, 6.45) is 0.0614. The summed E-state index contributed by atoms with van der Waals surface area (Å²) in [7, 11) is 0. The molecule has 1 aromatic carbocycles. The lowest BCUT2D eigenvalue weighted by atomic mass is 9.96. The molecule has 0 aromatic heterocycles. The molecule has 2 unspecified atom stereocenters. The minimum absolute atomic E-state index is 0.121. The summed E-state index contributed by atoms with van der Waals surface area (Å²) in [6.45, 7) is 1.71. The Hall–Kier alpha value is -0.600. The van der Waals surface area contributed by atoms with Crippen LogP contribution in [0, 0.1) is 5.92 Å². The first-order chi connectivity index (χ1) is 6.77. The summed E-state index contributed by atoms with van der Waals surface area (Å²) in [5, 5.41) is 3.83. The van der Waals surface area contributed by atoms with E-state index >= 15 is 0 Å². The van der Waals surface area contributed by atoms with Gasteiger partial charge in [0.1, 0.15) is 6.17 Å². The van der Waals surface area contributed by atoms with Gasteiger partial charge in [-0.1, -0.05) is 23.7 Å². The molecule has 14 heavy (non-hydrogen) atoms. The standard InChI is InChI=1S/C11H13ClFN/c12-10-3-1-8(2-4-10)11(13)9-5-6-14-7-9/h1-4,9,11,14H,5-7H2. The molecule has 0 bridgehead atoms. The molecule has 1 fully saturated rings. The first kappa shape index (κ1) is 9.94. The zero-order valence-corrected chi connectivity index (χ0v) is 8.60. The molecule has 3 heteroatoms. The molecule has 1 N–H and O–H groups in total. The summed E-state index contributed by atoms with van der Waals surface area (Å²) in [6, 6.07) is 7.02. The second kappa shape index (κ2) is 4.28. The van der Waals surface area contributed by atoms with E-state index in [0.717, 1.165) is 25.1 Å². The van der Waals surface area contributed by atoms with Gasteiger partial charge in [0.25, 0.3) is 0 Å². The molecule has 76 valence electrons. The van der Waals surface area contributed by atoms with Gasteiger partial charge >= 0.3 is 0 Å². The van der Waals surface area contributed by atoms with Gasteiger partial charge in [-0.3, -0.25) is 0 Å². The third-order valence-electron chi connectivity index (χ3n) is 2.70. The van der Waals surface area contributed by atoms with E-state index < -0.39 is 6.17 Å². The maximum atomic E-state index is 13.9. The molecule has 1 aliphatic rings. The fourth-order valence-electron chi connectivity index (χ4n) is 1.85. The molecule has 0 radical (unpaired) electrons. The number of alkyl halides is 1. The van der Waals surface area contributed by atoms with Crippen LogP contribution in [0.5, 0.6) is 0 Å². The molecule has 1 saturated heterocycles. The van der Waals surface area contributed by atoms with Crippen LogP contribution in [-0.4, -0.2) is 13.1 Å². The fourth-order valence-corrected chi connectivity index (χ4v) is 1.97. The van der Waals surface area contributed by atoms with Gasteiger partial charge in [0.15, 0.2) is 0 Å². The number of rotatable bonds is 2. The second-order valence-corrected chi connectivity index (χ2v) is 4.14. The molecule has 0 amide bonds. The SMILES string of the molecule is FC(c1ccc(Cl)cc1)C1CCNC1. The molecule has 0 saturated carbocycles. The van der Waals surface area contributed by atoms with Crippen LogP contribution < -0.4 is 5.32 Å². The van der Waals surface area contributed by atoms with Crippen LogP contribution in [0.1, 0.15) is 18.2 Å². The lowest BCUT2D eigenvalue weighted by Crippen LogP contribution is -2.13. The van der Waals surface area contributed by atoms with E-state index in [9.17, 15) is 4.39 Å². The van der Waals surface area contributed by atoms with Crippen molar-refractivity contribution in [3.63, 3.8) is 0 Å². The molecule has 1 aliphatic heterocycles. The summed E-state index contributed by atoms with van der Waals surface area (Å²) in [4.78, 5) is 0. The molecule has 0 spiro atoms. The maximum absolute atomic E-state index is 13.9. The highest BCUT2D eigenvalue weighted by Crippen LogP contribution is 2.30. The van der Waals surface area contributed by atoms with Crippen LogP contribution >= 0.6 is 11.6 Å². The van der Waals surface area contributed by atoms with Gasteiger partial charge in [-0.2, -0.15) is 0 Å². The largest absolute Gasteiger partial charge is 0.316 e. The normalized spacial score (nSPS) is 23.7. The van der Waals surface area contributed by atoms with Crippen LogP contribution in [0.25, 0.3) is 0 Å². The smallest absolute Gasteiger partial charge is 0.129 e. The number of hydrogen-bond acceptors (Lipinski definition) is 1. The van der Waals surface area contributed by atoms with Crippen LogP contribution in [0.3, 0.4) is 0 Å². The Morgan fingerprint density at radius 2 is 2.07 bits per heavy atom. The van der Waals surface area contributed by atoms with Crippen LogP contribution in [0.2, 0.25) is 5.02 Å². The van der Waals surface area contributed by atoms with Gasteiger partial charge in [-0.25, -0.2) is 4.39 Å². The summed E-state index contributed by atoms with van der Waals surface area (Å²) in [5.74, 6) is 0.121. The van der Waals surface area contributed by atoms with E-state index in [1.54, 1.807) is 24.3 Å². The minimum Gasteiger partial charge on any atom is -0.316 e. The van der Waals surface area contributed by atoms with Gasteiger partial charge in [0.05, 0.1) is 0 Å². The molecule has 2 atom stereocenters. The predicted molar refractivity (Wildman–Crippen MR) is 56.3 cm³/mol. The van der Waals surface area contributed by atoms with Gasteiger partial charge in [0.2, 0.25) is 0 Å². The Morgan fingerprint density at radius 3 is 2.64 bits per heavy atom. The van der Waals surface area contributed by atoms with Crippen LogP contribution in [0.4, 0.5) is 4.39 Å². The van der Waals surface area contributed by atoms with Crippen molar-refractivity contribution in [2.75, 3.05) is 13.1 Å². The topological polar surface area (TPSA) is 12.0 Å². The summed E-state index contributed by atoms with van der Waals surface area (Å²) >= 11 is 5.74. The quantitative estimate of drug-likeness (QED) is 0.797. The van der Waals surface area contributed by atoms with Crippen molar-refractivity contribution >= 4 is 11.6 Å². The molecule has 2 rings (SSSR count). The molecule has 0 aliphatic carbocycles. The van der Waals surface area contributed by atoms with E-state index in [0.29, 0.717) is 5.02 Å². The Morgan fingerprint density at radius 1 is 1.36 bits per heavy atom. The highest BCUT2D eigenvalue weighted by Gasteiger charge is 2.25. The van der Waals surface area contributed by atoms with Gasteiger partial charge in [-0.15, -0.1) is 0 Å². The molecular formula is C11H13ClFN. The van der Waals surface area contributed by atoms with Crippen molar-refractivity contribution in [2.24, 2.45) is 5.92 Å². The van der Waals surface area contributed by atoms with E-state index in [4.69, 9.17) is 11.6 Å². The Balaban J connectivity index is 2.09. The third kappa shape index (κ3) is 2.07. The van der Waals surface area contributed by atoms with Crippen molar-refractivity contribution in [3.8, 4) is 0 Å². The fraction of sp³-hybridized carbons (Fsp3) is 0.455. The molecular weight excluding hydrogens is 201 g/mol. The Kier molecular flexibility index (Phi) is 3.04. The average molecular weight is 214 g/mol. The first-order valence-electron chi connectivity index (χ1n) is 4.87. The highest BCUT2D eigenvalue weighted by atomic mass is 35.5. The van der Waals surface area contributed by atoms with Gasteiger partial charge in [0, 0.05) is 17.5 Å². The molecule has 1 heterocycles. The predicted octanol–water partition coefficient (Wildman–Crippen LogP) is 2.96. The average Bonchev–Trinajstić information content (AvgIpc) is 2.71. The first-order valence-corrected chi connectivity index (χ1v) is 5.25. The van der Waals surface area contributed by atoms with Crippen molar-refractivity contribution in [1.29, 1.82) is 0 Å². The number of nitrogens with one attached hydrogen (secondary N) is 1. The molecule has 1 nitrogen and oxygen atoms in total. The summed E-state index contributed by atoms with van der Waals surface area (Å²) < 4.78 is 13.9. The zero-order chi connectivity index (χ0) is 9.97. The monoisotopic (exact) mass is 213 g/mol. The highest BCUT2D eigenvalue weighted by molar-refractivity contribution is 6.30. The van der Waals surface area contributed by atoms with Crippen LogP contribution in [-0.2, 0) is 0 Å². The Labute approximate surface area is 88.3 Å². The minimum atomic E-state index is -0.859. The van der Waals surface area contributed by atoms with Gasteiger partial charge in [-0.05, 0) is 30.7 Å². The third-order valence-corrected chi connectivity index (χ3v) is 2.95. The van der Waals surface area contributed by atoms with Gasteiger partial charge < -0.3 is 5.32 Å². The second-order valence-electron chi connectivity index (χ2n) is 3.71. The van der Waals surface area contributed by atoms with E-state index in [1.807, 2.05) is 0 Å². The number of benzene rings is 1. The van der Waals surface area contributed by atoms with Crippen molar-refractivity contribution in [1.82, 2.24) is 5.32 Å². The van der Waals surface area contributed by atoms with Crippen molar-refractivity contribution in [3.05, 3.63) is 34.9 Å². The summed E-state index contributed by atoms with van der Waals surface area (Å²) in [5.41, 5.74) is 0.739. The van der Waals surface area contributed by atoms with Crippen molar-refractivity contribution < 1.29 is 4.39 Å². The van der Waals surface area contributed by atoms with E-state index in [2.05, 4.69) is 5.32 Å². The Bertz CT molecular complexity index is 293. The maximum Gasteiger partial charge on any atom is 0.129 e. The molecule has 1 aromatic rings. The lowest BCUT2D eigenvalue weighted by Gasteiger charge is -2.14.